The predicted octanol–water partition coefficient (Wildman–Crippen LogP) is 1.90. The molecule has 0 saturated heterocycles. The Morgan fingerprint density at radius 1 is 1.25 bits per heavy atom. The Morgan fingerprint density at radius 2 is 1.90 bits per heavy atom. The second kappa shape index (κ2) is 7.22. The van der Waals surface area contributed by atoms with Crippen molar-refractivity contribution in [3.63, 3.8) is 0 Å². The number of hydrogen-bond acceptors (Lipinski definition) is 6. The Hall–Kier alpha value is -2.44. The van der Waals surface area contributed by atoms with Gasteiger partial charge in [0, 0.05) is 11.6 Å². The molecule has 1 aromatic carbocycles. The van der Waals surface area contributed by atoms with Crippen molar-refractivity contribution >= 4 is 17.6 Å². The number of rotatable bonds is 6. The molecule has 0 radical (unpaired) electrons. The molecule has 7 heteroatoms. The van der Waals surface area contributed by atoms with E-state index in [2.05, 4.69) is 4.74 Å². The van der Waals surface area contributed by atoms with Crippen LogP contribution in [0.15, 0.2) is 18.2 Å². The third kappa shape index (κ3) is 4.68. The van der Waals surface area contributed by atoms with E-state index in [-0.39, 0.29) is 18.9 Å². The zero-order chi connectivity index (χ0) is 15.1. The van der Waals surface area contributed by atoms with Crippen molar-refractivity contribution in [3.05, 3.63) is 39.4 Å². The quantitative estimate of drug-likeness (QED) is 0.342. The van der Waals surface area contributed by atoms with Gasteiger partial charge < -0.3 is 9.47 Å². The molecule has 0 bridgehead atoms. The minimum atomic E-state index is -0.730. The van der Waals surface area contributed by atoms with E-state index in [1.807, 2.05) is 0 Å². The maximum Gasteiger partial charge on any atom is 0.317 e. The largest absolute Gasteiger partial charge is 0.466 e. The van der Waals surface area contributed by atoms with Gasteiger partial charge in [-0.05, 0) is 19.4 Å². The van der Waals surface area contributed by atoms with Gasteiger partial charge in [-0.1, -0.05) is 12.1 Å². The lowest BCUT2D eigenvalue weighted by atomic mass is 10.1. The second-order valence-electron chi connectivity index (χ2n) is 4.02. The van der Waals surface area contributed by atoms with Crippen LogP contribution in [-0.4, -0.2) is 23.5 Å². The van der Waals surface area contributed by atoms with E-state index < -0.39 is 23.3 Å². The first-order valence-electron chi connectivity index (χ1n) is 5.99. The molecule has 1 aromatic rings. The number of aryl methyl sites for hydroxylation is 1. The van der Waals surface area contributed by atoms with Gasteiger partial charge in [0.1, 0.15) is 13.0 Å². The Bertz CT molecular complexity index is 526. The average Bonchev–Trinajstić information content (AvgIpc) is 2.37. The summed E-state index contributed by atoms with van der Waals surface area (Å²) in [6.45, 7) is 3.32. The average molecular weight is 281 g/mol. The first-order chi connectivity index (χ1) is 9.43. The predicted molar refractivity (Wildman–Crippen MR) is 68.9 cm³/mol. The maximum absolute atomic E-state index is 11.3. The molecule has 0 aromatic heterocycles. The lowest BCUT2D eigenvalue weighted by Crippen LogP contribution is -2.13. The highest BCUT2D eigenvalue weighted by molar-refractivity contribution is 5.91. The van der Waals surface area contributed by atoms with Crippen molar-refractivity contribution in [1.82, 2.24) is 0 Å². The molecule has 0 aliphatic carbocycles. The molecular formula is C13H15NO6. The molecule has 0 N–H and O–H groups in total. The van der Waals surface area contributed by atoms with Gasteiger partial charge >= 0.3 is 11.9 Å². The van der Waals surface area contributed by atoms with Gasteiger partial charge in [0.25, 0.3) is 5.69 Å². The molecule has 0 amide bonds. The smallest absolute Gasteiger partial charge is 0.317 e. The molecule has 0 fully saturated rings. The summed E-state index contributed by atoms with van der Waals surface area (Å²) in [6, 6.07) is 4.54. The fourth-order valence-electron chi connectivity index (χ4n) is 1.49. The summed E-state index contributed by atoms with van der Waals surface area (Å²) in [5.41, 5.74) is 0.972. The molecule has 20 heavy (non-hydrogen) atoms. The Morgan fingerprint density at radius 3 is 2.50 bits per heavy atom. The molecule has 1 rings (SSSR count). The highest BCUT2D eigenvalue weighted by atomic mass is 16.6. The summed E-state index contributed by atoms with van der Waals surface area (Å²) >= 11 is 0. The summed E-state index contributed by atoms with van der Waals surface area (Å²) in [7, 11) is 0. The second-order valence-corrected chi connectivity index (χ2v) is 4.02. The van der Waals surface area contributed by atoms with Gasteiger partial charge in [0.2, 0.25) is 0 Å². The van der Waals surface area contributed by atoms with Crippen LogP contribution in [0.4, 0.5) is 5.69 Å². The van der Waals surface area contributed by atoms with Crippen molar-refractivity contribution in [1.29, 1.82) is 0 Å². The number of benzene rings is 1. The third-order valence-corrected chi connectivity index (χ3v) is 2.46. The highest BCUT2D eigenvalue weighted by Crippen LogP contribution is 2.19. The Balaban J connectivity index is 2.58. The monoisotopic (exact) mass is 281 g/mol. The van der Waals surface area contributed by atoms with E-state index in [1.54, 1.807) is 26.0 Å². The molecule has 0 unspecified atom stereocenters. The number of nitro benzene ring substituents is 1. The molecule has 7 nitrogen and oxygen atoms in total. The van der Waals surface area contributed by atoms with Crippen molar-refractivity contribution in [2.45, 2.75) is 26.9 Å². The summed E-state index contributed by atoms with van der Waals surface area (Å²) in [4.78, 5) is 32.6. The fourth-order valence-corrected chi connectivity index (χ4v) is 1.49. The summed E-state index contributed by atoms with van der Waals surface area (Å²) in [5, 5.41) is 10.8. The molecule has 0 spiro atoms. The molecule has 0 aliphatic rings. The van der Waals surface area contributed by atoms with Gasteiger partial charge in [-0.3, -0.25) is 19.7 Å². The third-order valence-electron chi connectivity index (χ3n) is 2.46. The molecule has 0 saturated carbocycles. The molecule has 108 valence electrons. The van der Waals surface area contributed by atoms with Gasteiger partial charge in [0.15, 0.2) is 0 Å². The van der Waals surface area contributed by atoms with E-state index >= 15 is 0 Å². The van der Waals surface area contributed by atoms with Crippen molar-refractivity contribution in [2.75, 3.05) is 6.61 Å². The Labute approximate surface area is 115 Å². The number of carbonyl (C=O) groups is 2. The van der Waals surface area contributed by atoms with Crippen LogP contribution in [0, 0.1) is 17.0 Å². The number of esters is 2. The highest BCUT2D eigenvalue weighted by Gasteiger charge is 2.14. The van der Waals surface area contributed by atoms with Crippen LogP contribution in [0.5, 0.6) is 0 Å². The SMILES string of the molecule is CCOC(=O)CC(=O)OCc1ccc(C)c([N+](=O)[O-])c1. The number of ether oxygens (including phenoxy) is 2. The lowest BCUT2D eigenvalue weighted by molar-refractivity contribution is -0.385. The first kappa shape index (κ1) is 15.6. The van der Waals surface area contributed by atoms with Gasteiger partial charge in [-0.2, -0.15) is 0 Å². The lowest BCUT2D eigenvalue weighted by Gasteiger charge is -2.05. The number of nitro groups is 1. The van der Waals surface area contributed by atoms with Crippen LogP contribution in [0.3, 0.4) is 0 Å². The maximum atomic E-state index is 11.3. The van der Waals surface area contributed by atoms with Crippen LogP contribution in [-0.2, 0) is 25.7 Å². The normalized spacial score (nSPS) is 9.90. The van der Waals surface area contributed by atoms with Crippen molar-refractivity contribution < 1.29 is 24.0 Å². The first-order valence-corrected chi connectivity index (χ1v) is 5.99. The summed E-state index contributed by atoms with van der Waals surface area (Å²) < 4.78 is 9.46. The van der Waals surface area contributed by atoms with E-state index in [9.17, 15) is 19.7 Å². The van der Waals surface area contributed by atoms with E-state index in [0.717, 1.165) is 0 Å². The molecule has 0 atom stereocenters. The van der Waals surface area contributed by atoms with Gasteiger partial charge in [-0.25, -0.2) is 0 Å². The molecule has 0 heterocycles. The van der Waals surface area contributed by atoms with Crippen LogP contribution in [0.1, 0.15) is 24.5 Å². The summed E-state index contributed by atoms with van der Waals surface area (Å²) in [6.07, 6.45) is -0.470. The number of carbonyl (C=O) groups excluding carboxylic acids is 2. The molecular weight excluding hydrogens is 266 g/mol. The topological polar surface area (TPSA) is 95.7 Å². The zero-order valence-corrected chi connectivity index (χ0v) is 11.3. The van der Waals surface area contributed by atoms with Crippen molar-refractivity contribution in [3.8, 4) is 0 Å². The van der Waals surface area contributed by atoms with Crippen LogP contribution < -0.4 is 0 Å². The minimum absolute atomic E-state index is 0.0380. The summed E-state index contributed by atoms with van der Waals surface area (Å²) in [5.74, 6) is -1.39. The van der Waals surface area contributed by atoms with Crippen molar-refractivity contribution in [2.24, 2.45) is 0 Å². The fraction of sp³-hybridized carbons (Fsp3) is 0.385. The van der Waals surface area contributed by atoms with Crippen LogP contribution in [0.2, 0.25) is 0 Å². The van der Waals surface area contributed by atoms with Crippen LogP contribution >= 0.6 is 0 Å². The minimum Gasteiger partial charge on any atom is -0.466 e. The van der Waals surface area contributed by atoms with Gasteiger partial charge in [0.05, 0.1) is 11.5 Å². The van der Waals surface area contributed by atoms with Crippen LogP contribution in [0.25, 0.3) is 0 Å². The number of hydrogen-bond donors (Lipinski definition) is 0. The van der Waals surface area contributed by atoms with Gasteiger partial charge in [-0.15, -0.1) is 0 Å². The van der Waals surface area contributed by atoms with E-state index in [4.69, 9.17) is 4.74 Å². The standard InChI is InChI=1S/C13H15NO6/c1-3-19-12(15)7-13(16)20-8-10-5-4-9(2)11(6-10)14(17)18/h4-6H,3,7-8H2,1-2H3. The Kier molecular flexibility index (Phi) is 5.64. The number of nitrogens with zero attached hydrogens (tertiary/aromatic N) is 1. The van der Waals surface area contributed by atoms with E-state index in [1.165, 1.54) is 6.07 Å². The zero-order valence-electron chi connectivity index (χ0n) is 11.3. The molecule has 0 aliphatic heterocycles. The van der Waals surface area contributed by atoms with E-state index in [0.29, 0.717) is 11.1 Å².